The number of nitrogens with zero attached hydrogens (tertiary/aromatic N) is 4. The third-order valence-electron chi connectivity index (χ3n) is 10.2. The van der Waals surface area contributed by atoms with Crippen LogP contribution < -0.4 is 15.0 Å². The highest BCUT2D eigenvalue weighted by Gasteiger charge is 2.49. The first-order valence-corrected chi connectivity index (χ1v) is 22.2. The van der Waals surface area contributed by atoms with Crippen LogP contribution in [-0.2, 0) is 25.7 Å². The molecule has 1 amide bonds. The first-order chi connectivity index (χ1) is 24.1. The Labute approximate surface area is 299 Å². The number of aromatic nitrogens is 3. The molecule has 50 heavy (non-hydrogen) atoms. The number of anilines is 1. The monoisotopic (exact) mass is 727 g/mol. The highest BCUT2D eigenvalue weighted by Crippen LogP contribution is 2.35. The molecule has 5 heterocycles. The molecule has 272 valence electrons. The average Bonchev–Trinajstić information content (AvgIpc) is 3.77. The van der Waals surface area contributed by atoms with E-state index in [-0.39, 0.29) is 37.7 Å². The van der Waals surface area contributed by atoms with E-state index in [1.165, 1.54) is 6.42 Å². The zero-order chi connectivity index (χ0) is 34.8. The average molecular weight is 728 g/mol. The summed E-state index contributed by atoms with van der Waals surface area (Å²) in [6.45, 7) is 10.0. The van der Waals surface area contributed by atoms with Gasteiger partial charge in [-0.25, -0.2) is 9.78 Å². The number of ether oxygens (including phenoxy) is 5. The van der Waals surface area contributed by atoms with Crippen molar-refractivity contribution in [2.24, 2.45) is 0 Å². The number of piperidine rings is 1. The lowest BCUT2D eigenvalue weighted by Crippen LogP contribution is -2.45. The van der Waals surface area contributed by atoms with Gasteiger partial charge in [-0.05, 0) is 62.8 Å². The highest BCUT2D eigenvalue weighted by atomic mass is 35.5. The van der Waals surface area contributed by atoms with Crippen LogP contribution >= 0.6 is 11.6 Å². The van der Waals surface area contributed by atoms with Crippen LogP contribution in [0, 0.1) is 0 Å². The van der Waals surface area contributed by atoms with Gasteiger partial charge in [0.05, 0.1) is 23.9 Å². The minimum Gasteiger partial charge on any atom is -0.456 e. The van der Waals surface area contributed by atoms with E-state index in [9.17, 15) is 9.90 Å². The Morgan fingerprint density at radius 3 is 2.50 bits per heavy atom. The quantitative estimate of drug-likeness (QED) is 0.179. The van der Waals surface area contributed by atoms with Crippen molar-refractivity contribution >= 4 is 42.6 Å². The van der Waals surface area contributed by atoms with Crippen molar-refractivity contribution in [3.8, 4) is 17.3 Å². The van der Waals surface area contributed by atoms with Crippen molar-refractivity contribution in [3.63, 3.8) is 0 Å². The molecular formula is C36H50ClN5O7Si. The summed E-state index contributed by atoms with van der Waals surface area (Å²) in [6.07, 6.45) is 5.10. The number of carbonyl (C=O) groups excluding carboxylic acids is 1. The lowest BCUT2D eigenvalue weighted by molar-refractivity contribution is 0.00336. The second kappa shape index (κ2) is 15.3. The summed E-state index contributed by atoms with van der Waals surface area (Å²) in [4.78, 5) is 24.6. The van der Waals surface area contributed by atoms with Crippen molar-refractivity contribution in [2.75, 3.05) is 37.8 Å². The molecule has 3 aliphatic heterocycles. The van der Waals surface area contributed by atoms with Gasteiger partial charge in [-0.2, -0.15) is 4.98 Å². The van der Waals surface area contributed by atoms with Crippen LogP contribution in [0.3, 0.4) is 0 Å². The van der Waals surface area contributed by atoms with Crippen LogP contribution in [0.25, 0.3) is 22.4 Å². The minimum atomic E-state index is -1.29. The van der Waals surface area contributed by atoms with Crippen molar-refractivity contribution in [1.29, 1.82) is 0 Å². The molecule has 4 aliphatic rings. The summed E-state index contributed by atoms with van der Waals surface area (Å²) in [5, 5.41) is 13.8. The molecule has 1 aliphatic carbocycles. The normalized spacial score (nSPS) is 24.9. The number of nitrogens with one attached hydrogen (secondary N) is 1. The molecule has 2 aromatic heterocycles. The maximum Gasteiger partial charge on any atom is 0.407 e. The number of aliphatic hydroxyl groups is 1. The standard InChI is InChI=1S/C36H50ClN5O7Si/c1-50(2,3)18-17-45-22-42-34-28(39-35(42)49-30-21-47-32-29(43)20-46-33(30)32)19-27(37)31(40-34)23-9-11-25(12-10-23)41-15-13-24(14-16-41)38-36(44)48-26-7-5-4-6-8-26/h9-12,19,24,26,29-30,32-33,43H,4-8,13-18,20-22H2,1-3H3,(H,38,44)/t29-,30-,32-,33-/m1/s1. The molecule has 2 N–H and O–H groups in total. The van der Waals surface area contributed by atoms with Crippen LogP contribution in [0.2, 0.25) is 30.7 Å². The fraction of sp³-hybridized carbons (Fsp3) is 0.639. The van der Waals surface area contributed by atoms with Gasteiger partial charge in [0, 0.05) is 45.1 Å². The first-order valence-electron chi connectivity index (χ1n) is 18.2. The number of aliphatic hydroxyl groups excluding tert-OH is 1. The van der Waals surface area contributed by atoms with Crippen LogP contribution in [0.15, 0.2) is 30.3 Å². The Hall–Kier alpha value is -2.94. The van der Waals surface area contributed by atoms with Crippen LogP contribution in [0.1, 0.15) is 44.9 Å². The molecule has 1 saturated carbocycles. The number of alkyl carbamates (subject to hydrolysis) is 1. The number of amides is 1. The molecule has 4 atom stereocenters. The van der Waals surface area contributed by atoms with E-state index in [0.29, 0.717) is 41.1 Å². The molecule has 3 saturated heterocycles. The number of halogens is 1. The Kier molecular flexibility index (Phi) is 10.9. The molecule has 0 spiro atoms. The number of fused-ring (bicyclic) bond motifs is 2. The SMILES string of the molecule is C[Si](C)(C)CCOCn1c(O[C@@H]2CO[C@H]3[C@@H]2OC[C@H]3O)nc2cc(Cl)c(-c3ccc(N4CCC(NC(=O)OC5CCCCC5)CC4)cc3)nc21. The zero-order valence-electron chi connectivity index (χ0n) is 29.3. The van der Waals surface area contributed by atoms with Gasteiger partial charge in [0.2, 0.25) is 0 Å². The maximum atomic E-state index is 12.5. The summed E-state index contributed by atoms with van der Waals surface area (Å²) in [6, 6.07) is 11.6. The number of benzene rings is 1. The van der Waals surface area contributed by atoms with Gasteiger partial charge in [-0.1, -0.05) is 49.8 Å². The minimum absolute atomic E-state index is 0.0628. The smallest absolute Gasteiger partial charge is 0.407 e. The lowest BCUT2D eigenvalue weighted by atomic mass is 9.98. The molecule has 0 radical (unpaired) electrons. The van der Waals surface area contributed by atoms with Gasteiger partial charge in [-0.3, -0.25) is 4.57 Å². The zero-order valence-corrected chi connectivity index (χ0v) is 31.1. The molecule has 12 nitrogen and oxygen atoms in total. The molecule has 4 fully saturated rings. The fourth-order valence-electron chi connectivity index (χ4n) is 7.27. The second-order valence-electron chi connectivity index (χ2n) is 15.3. The Morgan fingerprint density at radius 1 is 1.02 bits per heavy atom. The number of hydrogen-bond acceptors (Lipinski definition) is 10. The van der Waals surface area contributed by atoms with Crippen molar-refractivity contribution in [3.05, 3.63) is 35.4 Å². The van der Waals surface area contributed by atoms with Gasteiger partial charge < -0.3 is 39.0 Å². The molecule has 0 unspecified atom stereocenters. The van der Waals surface area contributed by atoms with E-state index >= 15 is 0 Å². The topological polar surface area (TPSA) is 129 Å². The van der Waals surface area contributed by atoms with Crippen LogP contribution in [-0.4, -0.2) is 103 Å². The number of pyridine rings is 1. The number of hydrogen-bond donors (Lipinski definition) is 2. The second-order valence-corrected chi connectivity index (χ2v) is 21.3. The molecule has 14 heteroatoms. The fourth-order valence-corrected chi connectivity index (χ4v) is 8.29. The molecule has 7 rings (SSSR count). The van der Waals surface area contributed by atoms with Gasteiger partial charge >= 0.3 is 12.1 Å². The van der Waals surface area contributed by atoms with E-state index in [1.807, 2.05) is 22.8 Å². The first kappa shape index (κ1) is 35.5. The van der Waals surface area contributed by atoms with Gasteiger partial charge in [0.25, 0.3) is 0 Å². The van der Waals surface area contributed by atoms with E-state index in [4.69, 9.17) is 45.3 Å². The Morgan fingerprint density at radius 2 is 1.76 bits per heavy atom. The van der Waals surface area contributed by atoms with E-state index in [2.05, 4.69) is 42.0 Å². The predicted octanol–water partition coefficient (Wildman–Crippen LogP) is 6.00. The Balaban J connectivity index is 1.03. The molecular weight excluding hydrogens is 678 g/mol. The van der Waals surface area contributed by atoms with Crippen LogP contribution in [0.5, 0.6) is 6.01 Å². The molecule has 1 aromatic carbocycles. The summed E-state index contributed by atoms with van der Waals surface area (Å²) >= 11 is 6.84. The van der Waals surface area contributed by atoms with Gasteiger partial charge in [0.1, 0.15) is 36.7 Å². The third-order valence-corrected chi connectivity index (χ3v) is 12.2. The summed E-state index contributed by atoms with van der Waals surface area (Å²) in [5.74, 6) is 0. The van der Waals surface area contributed by atoms with Crippen LogP contribution in [0.4, 0.5) is 10.5 Å². The van der Waals surface area contributed by atoms with Crippen molar-refractivity contribution < 1.29 is 33.6 Å². The lowest BCUT2D eigenvalue weighted by Gasteiger charge is -2.34. The predicted molar refractivity (Wildman–Crippen MR) is 194 cm³/mol. The Bertz CT molecular complexity index is 1620. The number of rotatable bonds is 11. The maximum absolute atomic E-state index is 12.5. The van der Waals surface area contributed by atoms with E-state index < -0.39 is 26.4 Å². The number of imidazole rings is 1. The highest BCUT2D eigenvalue weighted by molar-refractivity contribution is 6.76. The summed E-state index contributed by atoms with van der Waals surface area (Å²) < 4.78 is 31.6. The van der Waals surface area contributed by atoms with Gasteiger partial charge in [-0.15, -0.1) is 0 Å². The summed E-state index contributed by atoms with van der Waals surface area (Å²) in [7, 11) is -1.29. The van der Waals surface area contributed by atoms with E-state index in [0.717, 1.165) is 68.9 Å². The molecule has 3 aromatic rings. The van der Waals surface area contributed by atoms with E-state index in [1.54, 1.807) is 0 Å². The number of carbonyl (C=O) groups is 1. The van der Waals surface area contributed by atoms with Crippen molar-refractivity contribution in [1.82, 2.24) is 19.9 Å². The third kappa shape index (κ3) is 8.23. The van der Waals surface area contributed by atoms with Crippen molar-refractivity contribution in [2.45, 2.75) is 114 Å². The summed E-state index contributed by atoms with van der Waals surface area (Å²) in [5.41, 5.74) is 3.85. The molecule has 0 bridgehead atoms. The largest absolute Gasteiger partial charge is 0.456 e. The van der Waals surface area contributed by atoms with Gasteiger partial charge in [0.15, 0.2) is 11.8 Å².